The van der Waals surface area contributed by atoms with E-state index in [1.54, 1.807) is 24.4 Å². The van der Waals surface area contributed by atoms with Gasteiger partial charge in [-0.3, -0.25) is 9.59 Å². The van der Waals surface area contributed by atoms with Gasteiger partial charge in [0.15, 0.2) is 0 Å². The minimum absolute atomic E-state index is 0.0863. The minimum Gasteiger partial charge on any atom is -0.329 e. The standard InChI is InChI=1S/C21H24ClN3O2/c22-17-7-16-15(1-2-23-20(16)27)6-18(17)25-19(26)11-24-21-8-12-3-13(9-21)5-14(4-12)10-21/h1-2,6-7,12-14,24H,3-5,8-11H2,(H,23,27)(H,25,26). The number of carbonyl (C=O) groups is 1. The SMILES string of the molecule is O=C(CNC12CC3CC(CC(C3)C1)C2)Nc1cc2cc[nH]c(=O)c2cc1Cl. The van der Waals surface area contributed by atoms with Gasteiger partial charge in [-0.05, 0) is 79.9 Å². The summed E-state index contributed by atoms with van der Waals surface area (Å²) in [4.78, 5) is 27.1. The molecule has 0 unspecified atom stereocenters. The quantitative estimate of drug-likeness (QED) is 0.751. The molecule has 0 radical (unpaired) electrons. The largest absolute Gasteiger partial charge is 0.329 e. The second kappa shape index (κ2) is 6.35. The highest BCUT2D eigenvalue weighted by atomic mass is 35.5. The molecular formula is C21H24ClN3O2. The second-order valence-electron chi connectivity index (χ2n) is 8.83. The van der Waals surface area contributed by atoms with E-state index in [0.717, 1.165) is 23.1 Å². The number of anilines is 1. The van der Waals surface area contributed by atoms with Gasteiger partial charge < -0.3 is 15.6 Å². The number of carbonyl (C=O) groups excluding carboxylic acids is 1. The topological polar surface area (TPSA) is 74.0 Å². The second-order valence-corrected chi connectivity index (χ2v) is 9.23. The van der Waals surface area contributed by atoms with Crippen molar-refractivity contribution in [3.05, 3.63) is 39.8 Å². The van der Waals surface area contributed by atoms with Gasteiger partial charge in [-0.1, -0.05) is 11.6 Å². The van der Waals surface area contributed by atoms with Gasteiger partial charge in [-0.25, -0.2) is 0 Å². The predicted molar refractivity (Wildman–Crippen MR) is 107 cm³/mol. The van der Waals surface area contributed by atoms with E-state index in [9.17, 15) is 9.59 Å². The van der Waals surface area contributed by atoms with Gasteiger partial charge in [0.1, 0.15) is 0 Å². The van der Waals surface area contributed by atoms with E-state index in [-0.39, 0.29) is 17.0 Å². The van der Waals surface area contributed by atoms with Crippen molar-refractivity contribution in [2.45, 2.75) is 44.1 Å². The fraction of sp³-hybridized carbons (Fsp3) is 0.524. The number of hydrogen-bond acceptors (Lipinski definition) is 3. The highest BCUT2D eigenvalue weighted by Gasteiger charge is 2.50. The molecule has 1 aromatic carbocycles. The van der Waals surface area contributed by atoms with Crippen LogP contribution < -0.4 is 16.2 Å². The molecule has 6 rings (SSSR count). The van der Waals surface area contributed by atoms with E-state index in [4.69, 9.17) is 11.6 Å². The summed E-state index contributed by atoms with van der Waals surface area (Å²) in [6.07, 6.45) is 9.40. The van der Waals surface area contributed by atoms with E-state index < -0.39 is 0 Å². The number of rotatable bonds is 4. The Hall–Kier alpha value is -1.85. The highest BCUT2D eigenvalue weighted by molar-refractivity contribution is 6.34. The van der Waals surface area contributed by atoms with Crippen LogP contribution in [0.5, 0.6) is 0 Å². The predicted octanol–water partition coefficient (Wildman–Crippen LogP) is 3.68. The first-order valence-electron chi connectivity index (χ1n) is 9.85. The van der Waals surface area contributed by atoms with Crippen molar-refractivity contribution in [1.29, 1.82) is 0 Å². The van der Waals surface area contributed by atoms with E-state index in [1.807, 2.05) is 0 Å². The van der Waals surface area contributed by atoms with Gasteiger partial charge in [0, 0.05) is 17.1 Å². The maximum absolute atomic E-state index is 12.6. The van der Waals surface area contributed by atoms with Crippen molar-refractivity contribution >= 4 is 34.0 Å². The summed E-state index contributed by atoms with van der Waals surface area (Å²) in [5.74, 6) is 2.45. The molecule has 6 heteroatoms. The fourth-order valence-electron chi connectivity index (χ4n) is 6.09. The average Bonchev–Trinajstić information content (AvgIpc) is 2.61. The van der Waals surface area contributed by atoms with Crippen LogP contribution in [0.1, 0.15) is 38.5 Å². The Labute approximate surface area is 162 Å². The third-order valence-electron chi connectivity index (χ3n) is 6.80. The zero-order valence-electron chi connectivity index (χ0n) is 15.2. The minimum atomic E-state index is -0.184. The van der Waals surface area contributed by atoms with Gasteiger partial charge in [0.05, 0.1) is 17.3 Å². The van der Waals surface area contributed by atoms with E-state index >= 15 is 0 Å². The molecule has 0 atom stereocenters. The molecule has 4 fully saturated rings. The zero-order valence-corrected chi connectivity index (χ0v) is 15.9. The smallest absolute Gasteiger partial charge is 0.255 e. The first-order valence-corrected chi connectivity index (χ1v) is 10.2. The summed E-state index contributed by atoms with van der Waals surface area (Å²) in [7, 11) is 0. The lowest BCUT2D eigenvalue weighted by atomic mass is 9.53. The molecule has 1 aromatic heterocycles. The van der Waals surface area contributed by atoms with Crippen molar-refractivity contribution < 1.29 is 4.79 Å². The van der Waals surface area contributed by atoms with E-state index in [1.165, 1.54) is 38.5 Å². The lowest BCUT2D eigenvalue weighted by Gasteiger charge is -2.57. The summed E-state index contributed by atoms with van der Waals surface area (Å²) < 4.78 is 0. The number of hydrogen-bond donors (Lipinski definition) is 3. The first-order chi connectivity index (χ1) is 13.0. The average molecular weight is 386 g/mol. The molecule has 0 aliphatic heterocycles. The van der Waals surface area contributed by atoms with Gasteiger partial charge in [0.25, 0.3) is 5.56 Å². The maximum atomic E-state index is 12.6. The maximum Gasteiger partial charge on any atom is 0.255 e. The van der Waals surface area contributed by atoms with Gasteiger partial charge in [-0.2, -0.15) is 0 Å². The van der Waals surface area contributed by atoms with E-state index in [0.29, 0.717) is 22.6 Å². The van der Waals surface area contributed by atoms with Crippen LogP contribution in [0, 0.1) is 17.8 Å². The number of halogens is 1. The molecule has 4 aliphatic rings. The number of aromatic nitrogens is 1. The summed E-state index contributed by atoms with van der Waals surface area (Å²) in [5, 5.41) is 8.17. The van der Waals surface area contributed by atoms with Crippen LogP contribution in [-0.2, 0) is 4.79 Å². The van der Waals surface area contributed by atoms with Gasteiger partial charge in [0.2, 0.25) is 5.91 Å². The van der Waals surface area contributed by atoms with Crippen molar-refractivity contribution in [3.63, 3.8) is 0 Å². The first kappa shape index (κ1) is 17.3. The van der Waals surface area contributed by atoms with Crippen molar-refractivity contribution in [3.8, 4) is 0 Å². The molecule has 4 bridgehead atoms. The number of aromatic amines is 1. The van der Waals surface area contributed by atoms with Crippen LogP contribution >= 0.6 is 11.6 Å². The number of nitrogens with one attached hydrogen (secondary N) is 3. The lowest BCUT2D eigenvalue weighted by Crippen LogP contribution is -2.59. The van der Waals surface area contributed by atoms with Crippen LogP contribution in [0.15, 0.2) is 29.2 Å². The van der Waals surface area contributed by atoms with Gasteiger partial charge >= 0.3 is 0 Å². The lowest BCUT2D eigenvalue weighted by molar-refractivity contribution is -0.116. The molecule has 5 nitrogen and oxygen atoms in total. The van der Waals surface area contributed by atoms with E-state index in [2.05, 4.69) is 15.6 Å². The molecule has 2 aromatic rings. The Morgan fingerprint density at radius 3 is 2.48 bits per heavy atom. The summed E-state index contributed by atoms with van der Waals surface area (Å²) in [5.41, 5.74) is 0.523. The number of amides is 1. The molecule has 27 heavy (non-hydrogen) atoms. The molecule has 3 N–H and O–H groups in total. The molecule has 0 saturated heterocycles. The molecule has 4 aliphatic carbocycles. The van der Waals surface area contributed by atoms with Crippen molar-refractivity contribution in [1.82, 2.24) is 10.3 Å². The molecular weight excluding hydrogens is 362 g/mol. The van der Waals surface area contributed by atoms with Gasteiger partial charge in [-0.15, -0.1) is 0 Å². The Kier molecular flexibility index (Phi) is 4.06. The Morgan fingerprint density at radius 2 is 1.81 bits per heavy atom. The Morgan fingerprint density at radius 1 is 1.15 bits per heavy atom. The number of H-pyrrole nitrogens is 1. The molecule has 4 saturated carbocycles. The number of pyridine rings is 1. The summed E-state index contributed by atoms with van der Waals surface area (Å²) in [6, 6.07) is 5.17. The molecule has 142 valence electrons. The fourth-order valence-corrected chi connectivity index (χ4v) is 6.31. The van der Waals surface area contributed by atoms with Crippen molar-refractivity contribution in [2.75, 3.05) is 11.9 Å². The Balaban J connectivity index is 1.28. The number of fused-ring (bicyclic) bond motifs is 1. The summed E-state index contributed by atoms with van der Waals surface area (Å²) in [6.45, 7) is 0.301. The Bertz CT molecular complexity index is 932. The van der Waals surface area contributed by atoms with Crippen LogP contribution in [0.25, 0.3) is 10.8 Å². The summed E-state index contributed by atoms with van der Waals surface area (Å²) >= 11 is 6.29. The highest BCUT2D eigenvalue weighted by Crippen LogP contribution is 2.55. The van der Waals surface area contributed by atoms with Crippen molar-refractivity contribution in [2.24, 2.45) is 17.8 Å². The normalized spacial score (nSPS) is 31.4. The zero-order chi connectivity index (χ0) is 18.6. The third-order valence-corrected chi connectivity index (χ3v) is 7.11. The monoisotopic (exact) mass is 385 g/mol. The van der Waals surface area contributed by atoms with Crippen LogP contribution in [0.4, 0.5) is 5.69 Å². The third kappa shape index (κ3) is 3.17. The molecule has 0 spiro atoms. The molecule has 1 amide bonds. The van der Waals surface area contributed by atoms with Crippen LogP contribution in [0.3, 0.4) is 0 Å². The van der Waals surface area contributed by atoms with Crippen LogP contribution in [-0.4, -0.2) is 23.0 Å². The number of benzene rings is 1. The van der Waals surface area contributed by atoms with Crippen LogP contribution in [0.2, 0.25) is 5.02 Å². The molecule has 1 heterocycles.